The van der Waals surface area contributed by atoms with Crippen LogP contribution in [0.5, 0.6) is 11.5 Å². The largest absolute Gasteiger partial charge is 0.497 e. The average molecular weight is 267 g/mol. The third kappa shape index (κ3) is 4.40. The van der Waals surface area contributed by atoms with Crippen molar-refractivity contribution in [3.63, 3.8) is 0 Å². The summed E-state index contributed by atoms with van der Waals surface area (Å²) >= 11 is 0. The first-order chi connectivity index (χ1) is 8.93. The Kier molecular flexibility index (Phi) is 5.63. The molecule has 0 aliphatic carbocycles. The SMILES string of the molecule is COc1cc(C)c(CNCC(C)(C)CO)c(OC)c1. The predicted molar refractivity (Wildman–Crippen MR) is 76.9 cm³/mol. The number of nitrogens with one attached hydrogen (secondary N) is 1. The van der Waals surface area contributed by atoms with Crippen LogP contribution in [0.3, 0.4) is 0 Å². The molecule has 0 amide bonds. The van der Waals surface area contributed by atoms with Gasteiger partial charge in [0.05, 0.1) is 14.2 Å². The lowest BCUT2D eigenvalue weighted by molar-refractivity contribution is 0.156. The number of aryl methyl sites for hydroxylation is 1. The van der Waals surface area contributed by atoms with Crippen molar-refractivity contribution in [2.45, 2.75) is 27.3 Å². The smallest absolute Gasteiger partial charge is 0.127 e. The van der Waals surface area contributed by atoms with Crippen LogP contribution in [0.25, 0.3) is 0 Å². The van der Waals surface area contributed by atoms with Crippen LogP contribution in [-0.4, -0.2) is 32.5 Å². The molecule has 1 aromatic carbocycles. The first kappa shape index (κ1) is 15.8. The topological polar surface area (TPSA) is 50.7 Å². The quantitative estimate of drug-likeness (QED) is 0.794. The molecule has 0 atom stereocenters. The third-order valence-electron chi connectivity index (χ3n) is 3.19. The van der Waals surface area contributed by atoms with Crippen molar-refractivity contribution >= 4 is 0 Å². The van der Waals surface area contributed by atoms with Crippen molar-refractivity contribution in [1.82, 2.24) is 5.32 Å². The molecule has 108 valence electrons. The van der Waals surface area contributed by atoms with Crippen molar-refractivity contribution in [3.05, 3.63) is 23.3 Å². The molecule has 0 radical (unpaired) electrons. The fourth-order valence-electron chi connectivity index (χ4n) is 1.86. The second kappa shape index (κ2) is 6.78. The number of benzene rings is 1. The number of methoxy groups -OCH3 is 2. The molecule has 0 heterocycles. The van der Waals surface area contributed by atoms with Gasteiger partial charge in [-0.3, -0.25) is 0 Å². The lowest BCUT2D eigenvalue weighted by Gasteiger charge is -2.23. The summed E-state index contributed by atoms with van der Waals surface area (Å²) in [5.41, 5.74) is 2.13. The zero-order valence-electron chi connectivity index (χ0n) is 12.5. The second-order valence-corrected chi connectivity index (χ2v) is 5.55. The van der Waals surface area contributed by atoms with Gasteiger partial charge in [0.25, 0.3) is 0 Å². The number of ether oxygens (including phenoxy) is 2. The lowest BCUT2D eigenvalue weighted by Crippen LogP contribution is -2.32. The Morgan fingerprint density at radius 3 is 2.42 bits per heavy atom. The first-order valence-electron chi connectivity index (χ1n) is 6.46. The van der Waals surface area contributed by atoms with E-state index in [0.717, 1.165) is 29.2 Å². The molecule has 19 heavy (non-hydrogen) atoms. The van der Waals surface area contributed by atoms with Crippen LogP contribution in [0.15, 0.2) is 12.1 Å². The van der Waals surface area contributed by atoms with Gasteiger partial charge >= 0.3 is 0 Å². The van der Waals surface area contributed by atoms with E-state index in [2.05, 4.69) is 5.32 Å². The molecule has 0 unspecified atom stereocenters. The van der Waals surface area contributed by atoms with Crippen molar-refractivity contribution in [2.24, 2.45) is 5.41 Å². The zero-order valence-corrected chi connectivity index (χ0v) is 12.5. The molecular weight excluding hydrogens is 242 g/mol. The van der Waals surface area contributed by atoms with Crippen LogP contribution >= 0.6 is 0 Å². The van der Waals surface area contributed by atoms with Gasteiger partial charge in [-0.1, -0.05) is 13.8 Å². The van der Waals surface area contributed by atoms with Crippen LogP contribution in [0, 0.1) is 12.3 Å². The minimum absolute atomic E-state index is 0.117. The Labute approximate surface area is 115 Å². The van der Waals surface area contributed by atoms with E-state index in [1.807, 2.05) is 32.9 Å². The molecule has 1 rings (SSSR count). The normalized spacial score (nSPS) is 11.5. The van der Waals surface area contributed by atoms with Gasteiger partial charge < -0.3 is 19.9 Å². The Morgan fingerprint density at radius 1 is 1.21 bits per heavy atom. The summed E-state index contributed by atoms with van der Waals surface area (Å²) < 4.78 is 10.6. The molecule has 4 nitrogen and oxygen atoms in total. The minimum Gasteiger partial charge on any atom is -0.497 e. The maximum Gasteiger partial charge on any atom is 0.127 e. The Morgan fingerprint density at radius 2 is 1.89 bits per heavy atom. The van der Waals surface area contributed by atoms with E-state index in [1.54, 1.807) is 14.2 Å². The zero-order chi connectivity index (χ0) is 14.5. The monoisotopic (exact) mass is 267 g/mol. The van der Waals surface area contributed by atoms with E-state index in [0.29, 0.717) is 6.54 Å². The van der Waals surface area contributed by atoms with E-state index in [1.165, 1.54) is 0 Å². The number of hydrogen-bond acceptors (Lipinski definition) is 4. The molecular formula is C15H25NO3. The number of aliphatic hydroxyl groups excluding tert-OH is 1. The van der Waals surface area contributed by atoms with Gasteiger partial charge in [-0.15, -0.1) is 0 Å². The van der Waals surface area contributed by atoms with Gasteiger partial charge in [-0.05, 0) is 18.6 Å². The molecule has 0 spiro atoms. The Bertz CT molecular complexity index is 416. The maximum atomic E-state index is 9.23. The summed E-state index contributed by atoms with van der Waals surface area (Å²) in [6.45, 7) is 7.72. The molecule has 2 N–H and O–H groups in total. The minimum atomic E-state index is -0.117. The fraction of sp³-hybridized carbons (Fsp3) is 0.600. The lowest BCUT2D eigenvalue weighted by atomic mass is 9.95. The summed E-state index contributed by atoms with van der Waals surface area (Å²) in [7, 11) is 3.31. The van der Waals surface area contributed by atoms with Crippen molar-refractivity contribution in [3.8, 4) is 11.5 Å². The molecule has 1 aromatic rings. The molecule has 0 aliphatic heterocycles. The van der Waals surface area contributed by atoms with Crippen molar-refractivity contribution in [2.75, 3.05) is 27.4 Å². The van der Waals surface area contributed by atoms with E-state index < -0.39 is 0 Å². The van der Waals surface area contributed by atoms with Gasteiger partial charge in [-0.25, -0.2) is 0 Å². The molecule has 0 fully saturated rings. The summed E-state index contributed by atoms with van der Waals surface area (Å²) in [4.78, 5) is 0. The van der Waals surface area contributed by atoms with E-state index >= 15 is 0 Å². The highest BCUT2D eigenvalue weighted by Gasteiger charge is 2.16. The Balaban J connectivity index is 2.78. The highest BCUT2D eigenvalue weighted by atomic mass is 16.5. The van der Waals surface area contributed by atoms with Crippen LogP contribution in [0.2, 0.25) is 0 Å². The number of rotatable bonds is 7. The molecule has 0 aromatic heterocycles. The summed E-state index contributed by atoms with van der Waals surface area (Å²) in [6, 6.07) is 3.89. The van der Waals surface area contributed by atoms with Crippen LogP contribution in [-0.2, 0) is 6.54 Å². The van der Waals surface area contributed by atoms with Crippen LogP contribution in [0.4, 0.5) is 0 Å². The molecule has 0 saturated heterocycles. The molecule has 4 heteroatoms. The van der Waals surface area contributed by atoms with Crippen molar-refractivity contribution in [1.29, 1.82) is 0 Å². The highest BCUT2D eigenvalue weighted by Crippen LogP contribution is 2.28. The maximum absolute atomic E-state index is 9.23. The summed E-state index contributed by atoms with van der Waals surface area (Å²) in [5, 5.41) is 12.6. The molecule has 0 aliphatic rings. The summed E-state index contributed by atoms with van der Waals surface area (Å²) in [6.07, 6.45) is 0. The predicted octanol–water partition coefficient (Wildman–Crippen LogP) is 2.12. The van der Waals surface area contributed by atoms with Gasteiger partial charge in [0, 0.05) is 36.7 Å². The van der Waals surface area contributed by atoms with Gasteiger partial charge in [0.15, 0.2) is 0 Å². The number of aliphatic hydroxyl groups is 1. The van der Waals surface area contributed by atoms with E-state index in [4.69, 9.17) is 9.47 Å². The van der Waals surface area contributed by atoms with Crippen LogP contribution in [0.1, 0.15) is 25.0 Å². The third-order valence-corrected chi connectivity index (χ3v) is 3.19. The molecule has 0 saturated carbocycles. The average Bonchev–Trinajstić information content (AvgIpc) is 2.39. The molecule has 0 bridgehead atoms. The van der Waals surface area contributed by atoms with Gasteiger partial charge in [0.1, 0.15) is 11.5 Å². The van der Waals surface area contributed by atoms with Gasteiger partial charge in [-0.2, -0.15) is 0 Å². The van der Waals surface area contributed by atoms with Crippen LogP contribution < -0.4 is 14.8 Å². The fourth-order valence-corrected chi connectivity index (χ4v) is 1.86. The second-order valence-electron chi connectivity index (χ2n) is 5.55. The standard InChI is InChI=1S/C15H25NO3/c1-11-6-12(18-4)7-14(19-5)13(11)8-16-9-15(2,3)10-17/h6-7,16-17H,8-10H2,1-5H3. The highest BCUT2D eigenvalue weighted by molar-refractivity contribution is 5.46. The first-order valence-corrected chi connectivity index (χ1v) is 6.46. The van der Waals surface area contributed by atoms with E-state index in [-0.39, 0.29) is 12.0 Å². The van der Waals surface area contributed by atoms with Crippen molar-refractivity contribution < 1.29 is 14.6 Å². The van der Waals surface area contributed by atoms with E-state index in [9.17, 15) is 5.11 Å². The summed E-state index contributed by atoms with van der Waals surface area (Å²) in [5.74, 6) is 1.62. The Hall–Kier alpha value is -1.26. The number of hydrogen-bond donors (Lipinski definition) is 2. The van der Waals surface area contributed by atoms with Gasteiger partial charge in [0.2, 0.25) is 0 Å².